The lowest BCUT2D eigenvalue weighted by molar-refractivity contribution is -0.889. The van der Waals surface area contributed by atoms with Gasteiger partial charge in [-0.15, -0.1) is 0 Å². The van der Waals surface area contributed by atoms with Gasteiger partial charge in [-0.25, -0.2) is 0 Å². The van der Waals surface area contributed by atoms with Crippen molar-refractivity contribution in [3.8, 4) is 0 Å². The zero-order valence-corrected chi connectivity index (χ0v) is 39.1. The summed E-state index contributed by atoms with van der Waals surface area (Å²) in [6, 6.07) is -0.738. The number of unbranched alkanes of at least 4 members (excludes halogenated alkanes) is 19. The summed E-state index contributed by atoms with van der Waals surface area (Å²) in [5.41, 5.74) is 0. The summed E-state index contributed by atoms with van der Waals surface area (Å²) in [5, 5.41) is 11.6. The maximum atomic E-state index is 12.7. The summed E-state index contributed by atoms with van der Waals surface area (Å²) in [6.07, 6.45) is 53.7. The van der Waals surface area contributed by atoms with E-state index in [-0.39, 0.29) is 49.1 Å². The molecule has 0 aromatic carbocycles. The third-order valence-corrected chi connectivity index (χ3v) is 10.4. The zero-order chi connectivity index (χ0) is 44.2. The van der Waals surface area contributed by atoms with E-state index in [4.69, 9.17) is 14.2 Å². The number of ether oxygens (including phenoxy) is 3. The van der Waals surface area contributed by atoms with Gasteiger partial charge < -0.3 is 28.6 Å². The Morgan fingerprint density at radius 1 is 0.533 bits per heavy atom. The minimum atomic E-state index is -1.14. The number of allylic oxidation sites excluding steroid dienone is 12. The molecule has 2 unspecified atom stereocenters. The van der Waals surface area contributed by atoms with Crippen LogP contribution >= 0.6 is 0 Å². The molecule has 8 nitrogen and oxygen atoms in total. The van der Waals surface area contributed by atoms with Gasteiger partial charge in [0.05, 0.1) is 40.3 Å². The smallest absolute Gasteiger partial charge is 0.306 e. The van der Waals surface area contributed by atoms with Gasteiger partial charge in [-0.05, 0) is 64.2 Å². The highest BCUT2D eigenvalue weighted by Crippen LogP contribution is 2.14. The number of nitrogens with zero attached hydrogens (tertiary/aromatic N) is 1. The predicted octanol–water partition coefficient (Wildman–Crippen LogP) is 12.2. The molecule has 60 heavy (non-hydrogen) atoms. The Morgan fingerprint density at radius 3 is 1.53 bits per heavy atom. The normalized spacial score (nSPS) is 13.6. The van der Waals surface area contributed by atoms with Crippen molar-refractivity contribution in [2.75, 3.05) is 41.0 Å². The van der Waals surface area contributed by atoms with Gasteiger partial charge in [0.25, 0.3) is 0 Å². The molecule has 0 aliphatic heterocycles. The predicted molar refractivity (Wildman–Crippen MR) is 249 cm³/mol. The summed E-state index contributed by atoms with van der Waals surface area (Å²) in [5.74, 6) is -1.80. The van der Waals surface area contributed by atoms with Crippen molar-refractivity contribution in [2.45, 2.75) is 199 Å². The van der Waals surface area contributed by atoms with E-state index in [1.54, 1.807) is 21.1 Å². The average Bonchev–Trinajstić information content (AvgIpc) is 3.21. The summed E-state index contributed by atoms with van der Waals surface area (Å²) >= 11 is 0. The van der Waals surface area contributed by atoms with Crippen LogP contribution in [0.5, 0.6) is 0 Å². The average molecular weight is 840 g/mol. The number of hydrogen-bond acceptors (Lipinski definition) is 7. The second-order valence-corrected chi connectivity index (χ2v) is 17.1. The number of carboxylic acid groups (broad SMARTS) is 1. The molecule has 0 aromatic heterocycles. The van der Waals surface area contributed by atoms with E-state index in [2.05, 4.69) is 50.3 Å². The lowest BCUT2D eigenvalue weighted by Gasteiger charge is -2.34. The number of quaternary nitrogens is 1. The summed E-state index contributed by atoms with van der Waals surface area (Å²) in [4.78, 5) is 36.9. The summed E-state index contributed by atoms with van der Waals surface area (Å²) in [7, 11) is 5.38. The number of carboxylic acids is 1. The standard InChI is InChI=1S/C52H89NO7/c1-6-8-10-12-14-16-18-20-21-22-23-24-25-26-27-28-29-31-32-34-36-38-40-42-50(54)59-47-48(46-58-45-44-49(52(56)57)53(3,4)5)60-51(55)43-41-39-37-35-33-30-19-17-15-13-11-9-7-2/h9,11,13,15,17,19,23-24,26-27,30,33,48-49H,6-8,10,12,14,16,18,20-22,25,28-29,31-32,34-47H2,1-5H3/b11-9+,15-13+,19-17+,24-23+,27-26+,33-30+. The van der Waals surface area contributed by atoms with Gasteiger partial charge in [-0.1, -0.05) is 177 Å². The SMILES string of the molecule is CC/C=C/C=C/C=C/C=C/CCCCCC(=O)OC(COCCC(C(=O)[O-])[N+](C)(C)C)COC(=O)CCCCCCCCC/C=C/C/C=C/CCCCCCCCCCC. The van der Waals surface area contributed by atoms with Gasteiger partial charge >= 0.3 is 11.9 Å². The van der Waals surface area contributed by atoms with E-state index < -0.39 is 18.1 Å². The Hall–Kier alpha value is -3.23. The number of aliphatic carboxylic acids is 1. The molecule has 0 amide bonds. The van der Waals surface area contributed by atoms with Crippen molar-refractivity contribution in [3.05, 3.63) is 72.9 Å². The van der Waals surface area contributed by atoms with Crippen molar-refractivity contribution >= 4 is 17.9 Å². The van der Waals surface area contributed by atoms with Crippen LogP contribution in [-0.4, -0.2) is 75.5 Å². The van der Waals surface area contributed by atoms with E-state index in [0.29, 0.717) is 12.8 Å². The Morgan fingerprint density at radius 2 is 1.00 bits per heavy atom. The van der Waals surface area contributed by atoms with E-state index in [0.717, 1.165) is 57.8 Å². The van der Waals surface area contributed by atoms with E-state index in [9.17, 15) is 19.5 Å². The van der Waals surface area contributed by atoms with Crippen molar-refractivity contribution in [2.24, 2.45) is 0 Å². The van der Waals surface area contributed by atoms with Crippen LogP contribution in [0.3, 0.4) is 0 Å². The third kappa shape index (κ3) is 40.2. The Balaban J connectivity index is 4.28. The highest BCUT2D eigenvalue weighted by atomic mass is 16.6. The van der Waals surface area contributed by atoms with Crippen LogP contribution in [-0.2, 0) is 28.6 Å². The molecule has 0 saturated heterocycles. The molecule has 0 N–H and O–H groups in total. The van der Waals surface area contributed by atoms with Crippen LogP contribution in [0.2, 0.25) is 0 Å². The Bertz CT molecular complexity index is 1210. The first-order chi connectivity index (χ1) is 29.1. The highest BCUT2D eigenvalue weighted by Gasteiger charge is 2.25. The fourth-order valence-corrected chi connectivity index (χ4v) is 6.70. The molecule has 0 heterocycles. The lowest BCUT2D eigenvalue weighted by Crippen LogP contribution is -2.55. The Labute approximate surface area is 368 Å². The van der Waals surface area contributed by atoms with Crippen LogP contribution in [0.4, 0.5) is 0 Å². The molecule has 0 bridgehead atoms. The number of hydrogen-bond donors (Lipinski definition) is 0. The first-order valence-electron chi connectivity index (χ1n) is 24.0. The molecule has 0 aliphatic rings. The van der Waals surface area contributed by atoms with E-state index >= 15 is 0 Å². The quantitative estimate of drug-likeness (QED) is 0.0198. The van der Waals surface area contributed by atoms with Crippen LogP contribution in [0.1, 0.15) is 187 Å². The van der Waals surface area contributed by atoms with Gasteiger partial charge in [0, 0.05) is 19.3 Å². The molecule has 0 aromatic rings. The topological polar surface area (TPSA) is 102 Å². The molecular formula is C52H89NO7. The molecule has 0 aliphatic carbocycles. The molecule has 0 rings (SSSR count). The maximum absolute atomic E-state index is 12.7. The second kappa shape index (κ2) is 42.5. The highest BCUT2D eigenvalue weighted by molar-refractivity contribution is 5.70. The van der Waals surface area contributed by atoms with Crippen molar-refractivity contribution in [1.29, 1.82) is 0 Å². The van der Waals surface area contributed by atoms with Gasteiger partial charge in [0.1, 0.15) is 12.6 Å². The summed E-state index contributed by atoms with van der Waals surface area (Å²) in [6.45, 7) is 4.46. The van der Waals surface area contributed by atoms with Gasteiger partial charge in [0.2, 0.25) is 0 Å². The first-order valence-corrected chi connectivity index (χ1v) is 24.0. The molecule has 8 heteroatoms. The van der Waals surface area contributed by atoms with Crippen LogP contribution < -0.4 is 5.11 Å². The zero-order valence-electron chi connectivity index (χ0n) is 39.1. The minimum Gasteiger partial charge on any atom is -0.544 e. The van der Waals surface area contributed by atoms with Crippen molar-refractivity contribution in [3.63, 3.8) is 0 Å². The summed E-state index contributed by atoms with van der Waals surface area (Å²) < 4.78 is 17.1. The van der Waals surface area contributed by atoms with Gasteiger partial charge in [-0.2, -0.15) is 0 Å². The van der Waals surface area contributed by atoms with Gasteiger partial charge in [0.15, 0.2) is 6.10 Å². The molecule has 2 atom stereocenters. The fourth-order valence-electron chi connectivity index (χ4n) is 6.70. The second-order valence-electron chi connectivity index (χ2n) is 17.1. The number of carbonyl (C=O) groups excluding carboxylic acids is 3. The van der Waals surface area contributed by atoms with Crippen molar-refractivity contribution < 1.29 is 38.2 Å². The largest absolute Gasteiger partial charge is 0.544 e. The number of esters is 2. The monoisotopic (exact) mass is 840 g/mol. The van der Waals surface area contributed by atoms with E-state index in [1.807, 2.05) is 36.5 Å². The third-order valence-electron chi connectivity index (χ3n) is 10.4. The first kappa shape index (κ1) is 56.8. The number of rotatable bonds is 42. The maximum Gasteiger partial charge on any atom is 0.306 e. The van der Waals surface area contributed by atoms with Crippen LogP contribution in [0.15, 0.2) is 72.9 Å². The molecule has 0 spiro atoms. The number of likely N-dealkylation sites (N-methyl/N-ethyl adjacent to an activating group) is 1. The van der Waals surface area contributed by atoms with Crippen LogP contribution in [0, 0.1) is 0 Å². The molecule has 0 fully saturated rings. The van der Waals surface area contributed by atoms with Crippen LogP contribution in [0.25, 0.3) is 0 Å². The van der Waals surface area contributed by atoms with Crippen molar-refractivity contribution in [1.82, 2.24) is 0 Å². The molecule has 0 saturated carbocycles. The molecule has 0 radical (unpaired) electrons. The molecule has 344 valence electrons. The van der Waals surface area contributed by atoms with Gasteiger partial charge in [-0.3, -0.25) is 9.59 Å². The molecular weight excluding hydrogens is 751 g/mol. The minimum absolute atomic E-state index is 0.0185. The van der Waals surface area contributed by atoms with E-state index in [1.165, 1.54) is 89.9 Å². The fraction of sp³-hybridized carbons (Fsp3) is 0.712. The number of carbonyl (C=O) groups is 3. The Kier molecular flexibility index (Phi) is 40.2. The lowest BCUT2D eigenvalue weighted by atomic mass is 10.1.